The number of benzene rings is 1. The van der Waals surface area contributed by atoms with Crippen molar-refractivity contribution in [2.75, 3.05) is 112 Å². The van der Waals surface area contributed by atoms with Gasteiger partial charge in [-0.05, 0) is 32.9 Å². The molecule has 0 aliphatic heterocycles. The predicted octanol–water partition coefficient (Wildman–Crippen LogP) is 2.93. The first-order valence-corrected chi connectivity index (χ1v) is 14.0. The average molecular weight is 575 g/mol. The van der Waals surface area contributed by atoms with Crippen LogP contribution in [0.2, 0.25) is 0 Å². The Morgan fingerprint density at radius 1 is 0.500 bits per heavy atom. The quantitative estimate of drug-likeness (QED) is 0.109. The Hall–Kier alpha value is -1.83. The van der Waals surface area contributed by atoms with E-state index in [-0.39, 0.29) is 12.4 Å². The molecule has 40 heavy (non-hydrogen) atoms. The average Bonchev–Trinajstić information content (AvgIpc) is 2.92. The van der Waals surface area contributed by atoms with Crippen LogP contribution in [0, 0.1) is 0 Å². The molecule has 0 aliphatic carbocycles. The molecular formula is C29H50O11. The Bertz CT molecular complexity index is 682. The number of hydrogen-bond acceptors (Lipinski definition) is 11. The number of para-hydroxylation sites is 1. The second kappa shape index (κ2) is 26.1. The Labute approximate surface area is 239 Å². The van der Waals surface area contributed by atoms with Crippen molar-refractivity contribution >= 4 is 5.97 Å². The highest BCUT2D eigenvalue weighted by Gasteiger charge is 2.15. The van der Waals surface area contributed by atoms with Crippen molar-refractivity contribution in [1.29, 1.82) is 0 Å². The molecule has 0 bridgehead atoms. The number of carbonyl (C=O) groups is 1. The summed E-state index contributed by atoms with van der Waals surface area (Å²) in [5.74, 6) is 0.579. The van der Waals surface area contributed by atoms with Crippen molar-refractivity contribution < 1.29 is 52.2 Å². The third-order valence-corrected chi connectivity index (χ3v) is 4.71. The van der Waals surface area contributed by atoms with Gasteiger partial charge in [0.2, 0.25) is 0 Å². The zero-order valence-electron chi connectivity index (χ0n) is 24.6. The summed E-state index contributed by atoms with van der Waals surface area (Å²) in [5, 5.41) is 0. The summed E-state index contributed by atoms with van der Waals surface area (Å²) in [6.07, 6.45) is 0.235. The fourth-order valence-corrected chi connectivity index (χ4v) is 2.92. The summed E-state index contributed by atoms with van der Waals surface area (Å²) in [6, 6.07) is 9.66. The molecule has 1 aromatic carbocycles. The number of esters is 1. The van der Waals surface area contributed by atoms with Crippen LogP contribution < -0.4 is 4.74 Å². The van der Waals surface area contributed by atoms with Gasteiger partial charge >= 0.3 is 5.97 Å². The first-order valence-electron chi connectivity index (χ1n) is 14.0. The molecule has 1 aromatic rings. The van der Waals surface area contributed by atoms with Gasteiger partial charge in [-0.2, -0.15) is 0 Å². The van der Waals surface area contributed by atoms with E-state index in [9.17, 15) is 4.79 Å². The number of carbonyl (C=O) groups excluding carboxylic acids is 1. The van der Waals surface area contributed by atoms with Crippen molar-refractivity contribution in [3.63, 3.8) is 0 Å². The number of hydrogen-bond donors (Lipinski definition) is 0. The molecule has 11 nitrogen and oxygen atoms in total. The maximum absolute atomic E-state index is 11.5. The lowest BCUT2D eigenvalue weighted by Crippen LogP contribution is -2.24. The maximum Gasteiger partial charge on any atom is 0.308 e. The molecule has 0 N–H and O–H groups in total. The Kier molecular flexibility index (Phi) is 23.6. The van der Waals surface area contributed by atoms with E-state index in [0.717, 1.165) is 5.75 Å². The minimum Gasteiger partial charge on any atom is -0.491 e. The van der Waals surface area contributed by atoms with E-state index in [1.807, 2.05) is 51.1 Å². The lowest BCUT2D eigenvalue weighted by molar-refractivity contribution is -0.156. The molecule has 0 saturated carbocycles. The minimum atomic E-state index is -0.470. The first-order chi connectivity index (χ1) is 19.5. The normalized spacial score (nSPS) is 11.6. The molecule has 1 rings (SSSR count). The van der Waals surface area contributed by atoms with Crippen LogP contribution in [-0.2, 0) is 47.4 Å². The third-order valence-electron chi connectivity index (χ3n) is 4.71. The Balaban J connectivity index is 1.66. The fraction of sp³-hybridized carbons (Fsp3) is 0.759. The van der Waals surface area contributed by atoms with Crippen molar-refractivity contribution in [2.45, 2.75) is 32.8 Å². The lowest BCUT2D eigenvalue weighted by Gasteiger charge is -2.19. The number of rotatable bonds is 28. The van der Waals surface area contributed by atoms with Gasteiger partial charge in [-0.15, -0.1) is 0 Å². The van der Waals surface area contributed by atoms with Crippen LogP contribution in [0.4, 0.5) is 0 Å². The molecule has 0 fully saturated rings. The summed E-state index contributed by atoms with van der Waals surface area (Å²) < 4.78 is 54.3. The van der Waals surface area contributed by atoms with Gasteiger partial charge in [-0.3, -0.25) is 4.79 Å². The van der Waals surface area contributed by atoms with E-state index < -0.39 is 5.60 Å². The van der Waals surface area contributed by atoms with E-state index in [4.69, 9.17) is 47.4 Å². The van der Waals surface area contributed by atoms with Gasteiger partial charge < -0.3 is 47.4 Å². The molecular weight excluding hydrogens is 524 g/mol. The van der Waals surface area contributed by atoms with Gasteiger partial charge in [0.15, 0.2) is 0 Å². The fourth-order valence-electron chi connectivity index (χ4n) is 2.92. The van der Waals surface area contributed by atoms with Crippen LogP contribution in [0.5, 0.6) is 5.75 Å². The number of ether oxygens (including phenoxy) is 10. The molecule has 0 amide bonds. The van der Waals surface area contributed by atoms with Gasteiger partial charge in [0.25, 0.3) is 0 Å². The van der Waals surface area contributed by atoms with Crippen LogP contribution in [0.25, 0.3) is 0 Å². The van der Waals surface area contributed by atoms with E-state index in [1.54, 1.807) is 0 Å². The lowest BCUT2D eigenvalue weighted by atomic mass is 10.2. The summed E-state index contributed by atoms with van der Waals surface area (Å²) in [6.45, 7) is 13.8. The van der Waals surface area contributed by atoms with E-state index in [0.29, 0.717) is 112 Å². The largest absolute Gasteiger partial charge is 0.491 e. The van der Waals surface area contributed by atoms with Crippen molar-refractivity contribution in [3.05, 3.63) is 30.3 Å². The zero-order chi connectivity index (χ0) is 29.0. The highest BCUT2D eigenvalue weighted by molar-refractivity contribution is 5.69. The van der Waals surface area contributed by atoms with Gasteiger partial charge in [-0.1, -0.05) is 18.2 Å². The monoisotopic (exact) mass is 574 g/mol. The third kappa shape index (κ3) is 26.4. The Morgan fingerprint density at radius 3 is 1.18 bits per heavy atom. The highest BCUT2D eigenvalue weighted by atomic mass is 16.6. The smallest absolute Gasteiger partial charge is 0.308 e. The molecule has 232 valence electrons. The molecule has 0 aromatic heterocycles. The van der Waals surface area contributed by atoms with Crippen LogP contribution in [-0.4, -0.2) is 124 Å². The minimum absolute atomic E-state index is 0.235. The summed E-state index contributed by atoms with van der Waals surface area (Å²) in [7, 11) is 0. The van der Waals surface area contributed by atoms with Crippen molar-refractivity contribution in [2.24, 2.45) is 0 Å². The zero-order valence-corrected chi connectivity index (χ0v) is 24.6. The SMILES string of the molecule is CC(C)(C)OC(=O)CCOCCOCCOCCOCCOCCOCCOCCOCCOc1ccccc1. The molecule has 11 heteroatoms. The molecule has 0 heterocycles. The van der Waals surface area contributed by atoms with E-state index in [1.165, 1.54) is 0 Å². The van der Waals surface area contributed by atoms with E-state index in [2.05, 4.69) is 0 Å². The molecule has 0 saturated heterocycles. The van der Waals surface area contributed by atoms with Gasteiger partial charge in [0.05, 0.1) is 112 Å². The summed E-state index contributed by atoms with van der Waals surface area (Å²) in [5.41, 5.74) is -0.470. The van der Waals surface area contributed by atoms with Crippen LogP contribution in [0.15, 0.2) is 30.3 Å². The second-order valence-electron chi connectivity index (χ2n) is 9.40. The summed E-state index contributed by atoms with van der Waals surface area (Å²) >= 11 is 0. The topological polar surface area (TPSA) is 109 Å². The maximum atomic E-state index is 11.5. The molecule has 0 spiro atoms. The highest BCUT2D eigenvalue weighted by Crippen LogP contribution is 2.08. The standard InChI is InChI=1S/C29H50O11/c1-29(2,3)40-28(30)9-10-31-11-12-32-13-14-33-15-16-34-17-18-35-19-20-36-21-22-37-23-24-38-25-26-39-27-7-5-4-6-8-27/h4-8H,9-26H2,1-3H3. The van der Waals surface area contributed by atoms with Crippen LogP contribution in [0.3, 0.4) is 0 Å². The van der Waals surface area contributed by atoms with Crippen LogP contribution in [0.1, 0.15) is 27.2 Å². The van der Waals surface area contributed by atoms with Gasteiger partial charge in [-0.25, -0.2) is 0 Å². The van der Waals surface area contributed by atoms with Gasteiger partial charge in [0, 0.05) is 0 Å². The molecule has 0 radical (unpaired) electrons. The summed E-state index contributed by atoms with van der Waals surface area (Å²) in [4.78, 5) is 11.5. The first kappa shape index (κ1) is 36.2. The predicted molar refractivity (Wildman–Crippen MR) is 149 cm³/mol. The van der Waals surface area contributed by atoms with Crippen molar-refractivity contribution in [1.82, 2.24) is 0 Å². The molecule has 0 aliphatic rings. The van der Waals surface area contributed by atoms with E-state index >= 15 is 0 Å². The second-order valence-corrected chi connectivity index (χ2v) is 9.40. The van der Waals surface area contributed by atoms with Gasteiger partial charge in [0.1, 0.15) is 18.0 Å². The molecule has 0 atom stereocenters. The molecule has 0 unspecified atom stereocenters. The van der Waals surface area contributed by atoms with Crippen molar-refractivity contribution in [3.8, 4) is 5.75 Å². The van der Waals surface area contributed by atoms with Crippen LogP contribution >= 0.6 is 0 Å². The Morgan fingerprint density at radius 2 is 0.825 bits per heavy atom.